The summed E-state index contributed by atoms with van der Waals surface area (Å²) in [7, 11) is 0. The van der Waals surface area contributed by atoms with Crippen LogP contribution in [0.5, 0.6) is 0 Å². The molecule has 18 heavy (non-hydrogen) atoms. The average molecular weight is 258 g/mol. The zero-order valence-electron chi connectivity index (χ0n) is 11.1. The molecule has 1 radical (unpaired) electrons. The third-order valence-electron chi connectivity index (χ3n) is 3.09. The predicted octanol–water partition coefficient (Wildman–Crippen LogP) is 5.23. The quantitative estimate of drug-likeness (QED) is 0.716. The van der Waals surface area contributed by atoms with Crippen LogP contribution in [0.1, 0.15) is 42.8 Å². The second-order valence-corrected chi connectivity index (χ2v) is 5.86. The molecule has 2 heteroatoms. The molecule has 0 amide bonds. The minimum atomic E-state index is 0.310. The average Bonchev–Trinajstić information content (AvgIpc) is 2.79. The highest BCUT2D eigenvalue weighted by atomic mass is 32.1. The van der Waals surface area contributed by atoms with Gasteiger partial charge < -0.3 is 0 Å². The van der Waals surface area contributed by atoms with Gasteiger partial charge in [-0.15, -0.1) is 11.3 Å². The Morgan fingerprint density at radius 3 is 2.67 bits per heavy atom. The number of hydrogen-bond donors (Lipinski definition) is 0. The molecule has 1 aromatic carbocycles. The monoisotopic (exact) mass is 258 g/mol. The Morgan fingerprint density at radius 1 is 1.28 bits per heavy atom. The predicted molar refractivity (Wildman–Crippen MR) is 79.9 cm³/mol. The molecular formula is C16H20NS. The smallest absolute Gasteiger partial charge is 0.0904 e. The van der Waals surface area contributed by atoms with Crippen LogP contribution in [0.25, 0.3) is 10.4 Å². The van der Waals surface area contributed by atoms with Crippen molar-refractivity contribution < 1.29 is 0 Å². The summed E-state index contributed by atoms with van der Waals surface area (Å²) >= 11 is 1.78. The highest BCUT2D eigenvalue weighted by molar-refractivity contribution is 7.15. The lowest BCUT2D eigenvalue weighted by Gasteiger charge is -2.10. The van der Waals surface area contributed by atoms with Gasteiger partial charge in [-0.1, -0.05) is 50.1 Å². The van der Waals surface area contributed by atoms with Gasteiger partial charge in [0.15, 0.2) is 0 Å². The molecule has 0 aliphatic carbocycles. The van der Waals surface area contributed by atoms with Crippen molar-refractivity contribution >= 4 is 11.3 Å². The summed E-state index contributed by atoms with van der Waals surface area (Å²) in [6.45, 7) is 8.59. The molecule has 1 atom stereocenters. The number of unbranched alkanes of at least 4 members (excludes halogenated alkanes) is 1. The molecule has 0 N–H and O–H groups in total. The zero-order valence-corrected chi connectivity index (χ0v) is 12.0. The van der Waals surface area contributed by atoms with Crippen molar-refractivity contribution in [1.29, 1.82) is 0 Å². The molecule has 0 fully saturated rings. The van der Waals surface area contributed by atoms with E-state index < -0.39 is 0 Å². The number of thiazole rings is 1. The first kappa shape index (κ1) is 13.3. The summed E-state index contributed by atoms with van der Waals surface area (Å²) in [5.74, 6) is 0.310. The van der Waals surface area contributed by atoms with Crippen molar-refractivity contribution in [2.24, 2.45) is 0 Å². The second-order valence-electron chi connectivity index (χ2n) is 4.65. The molecular weight excluding hydrogens is 238 g/mol. The van der Waals surface area contributed by atoms with Crippen LogP contribution < -0.4 is 0 Å². The fraction of sp³-hybridized carbons (Fsp3) is 0.375. The number of benzene rings is 1. The van der Waals surface area contributed by atoms with Crippen molar-refractivity contribution in [2.75, 3.05) is 0 Å². The summed E-state index contributed by atoms with van der Waals surface area (Å²) in [6, 6.07) is 10.5. The number of nitrogens with zero attached hydrogens (tertiary/aromatic N) is 1. The van der Waals surface area contributed by atoms with Crippen molar-refractivity contribution in [3.05, 3.63) is 48.0 Å². The Balaban J connectivity index is 2.31. The van der Waals surface area contributed by atoms with E-state index in [9.17, 15) is 0 Å². The van der Waals surface area contributed by atoms with Crippen LogP contribution in [-0.2, 0) is 0 Å². The topological polar surface area (TPSA) is 12.9 Å². The van der Waals surface area contributed by atoms with E-state index >= 15 is 0 Å². The molecule has 1 unspecified atom stereocenters. The van der Waals surface area contributed by atoms with Gasteiger partial charge in [0.2, 0.25) is 0 Å². The molecule has 1 nitrogen and oxygen atoms in total. The summed E-state index contributed by atoms with van der Waals surface area (Å²) in [6.07, 6.45) is 3.56. The summed E-state index contributed by atoms with van der Waals surface area (Å²) in [5, 5.41) is 1.13. The van der Waals surface area contributed by atoms with Gasteiger partial charge in [0.25, 0.3) is 0 Å². The van der Waals surface area contributed by atoms with Gasteiger partial charge in [-0.3, -0.25) is 0 Å². The lowest BCUT2D eigenvalue weighted by atomic mass is 9.98. The van der Waals surface area contributed by atoms with Gasteiger partial charge in [-0.2, -0.15) is 0 Å². The molecule has 95 valence electrons. The first-order valence-electron chi connectivity index (χ1n) is 6.58. The normalized spacial score (nSPS) is 12.6. The van der Waals surface area contributed by atoms with E-state index in [1.54, 1.807) is 11.3 Å². The van der Waals surface area contributed by atoms with Gasteiger partial charge in [-0.25, -0.2) is 4.98 Å². The van der Waals surface area contributed by atoms with E-state index in [1.165, 1.54) is 29.0 Å². The summed E-state index contributed by atoms with van der Waals surface area (Å²) in [5.41, 5.74) is 2.44. The van der Waals surface area contributed by atoms with E-state index in [1.807, 2.05) is 0 Å². The van der Waals surface area contributed by atoms with Crippen molar-refractivity contribution in [3.8, 4) is 10.4 Å². The fourth-order valence-electron chi connectivity index (χ4n) is 2.10. The minimum absolute atomic E-state index is 0.310. The lowest BCUT2D eigenvalue weighted by molar-refractivity contribution is 0.652. The van der Waals surface area contributed by atoms with Crippen LogP contribution in [0.15, 0.2) is 30.3 Å². The van der Waals surface area contributed by atoms with Gasteiger partial charge in [0.05, 0.1) is 15.6 Å². The maximum atomic E-state index is 4.70. The molecule has 0 saturated carbocycles. The standard InChI is InChI=1S/C16H20NS/c1-4-5-9-12(2)15-16(18-13(3)17-15)14-10-7-6-8-11-14/h6-8,10-12H,2,4-5,9H2,1,3H3. The molecule has 1 aromatic heterocycles. The number of hydrogen-bond acceptors (Lipinski definition) is 2. The third-order valence-corrected chi connectivity index (χ3v) is 4.12. The van der Waals surface area contributed by atoms with Gasteiger partial charge in [0.1, 0.15) is 0 Å². The first-order chi connectivity index (χ1) is 8.72. The molecule has 2 aromatic rings. The zero-order chi connectivity index (χ0) is 13.0. The van der Waals surface area contributed by atoms with Gasteiger partial charge >= 0.3 is 0 Å². The van der Waals surface area contributed by atoms with Crippen LogP contribution in [-0.4, -0.2) is 4.98 Å². The van der Waals surface area contributed by atoms with Crippen LogP contribution >= 0.6 is 11.3 Å². The minimum Gasteiger partial charge on any atom is -0.246 e. The van der Waals surface area contributed by atoms with E-state index in [2.05, 4.69) is 51.1 Å². The van der Waals surface area contributed by atoms with Crippen LogP contribution in [0.2, 0.25) is 0 Å². The Labute approximate surface area is 114 Å². The van der Waals surface area contributed by atoms with Crippen molar-refractivity contribution in [1.82, 2.24) is 4.98 Å². The second kappa shape index (κ2) is 6.14. The van der Waals surface area contributed by atoms with E-state index in [4.69, 9.17) is 4.98 Å². The largest absolute Gasteiger partial charge is 0.246 e. The number of aryl methyl sites for hydroxylation is 1. The van der Waals surface area contributed by atoms with Crippen molar-refractivity contribution in [2.45, 2.75) is 39.0 Å². The van der Waals surface area contributed by atoms with Gasteiger partial charge in [-0.05, 0) is 25.8 Å². The Kier molecular flexibility index (Phi) is 4.54. The molecule has 0 bridgehead atoms. The van der Waals surface area contributed by atoms with Gasteiger partial charge in [0, 0.05) is 5.92 Å². The molecule has 0 aliphatic heterocycles. The molecule has 2 rings (SSSR count). The Morgan fingerprint density at radius 2 is 2.00 bits per heavy atom. The Hall–Kier alpha value is -1.15. The number of aromatic nitrogens is 1. The number of rotatable bonds is 5. The SMILES string of the molecule is [CH2]C(CCCC)c1nc(C)sc1-c1ccccc1. The Bertz CT molecular complexity index is 487. The third kappa shape index (κ3) is 2.99. The van der Waals surface area contributed by atoms with Crippen molar-refractivity contribution in [3.63, 3.8) is 0 Å². The fourth-order valence-corrected chi connectivity index (χ4v) is 3.11. The maximum Gasteiger partial charge on any atom is 0.0904 e. The molecule has 0 aliphatic rings. The lowest BCUT2D eigenvalue weighted by Crippen LogP contribution is -1.96. The summed E-state index contributed by atoms with van der Waals surface area (Å²) < 4.78 is 0. The molecule has 0 saturated heterocycles. The molecule has 0 spiro atoms. The first-order valence-corrected chi connectivity index (χ1v) is 7.39. The molecule has 1 heterocycles. The van der Waals surface area contributed by atoms with E-state index in [0.29, 0.717) is 5.92 Å². The van der Waals surface area contributed by atoms with E-state index in [0.717, 1.165) is 11.4 Å². The van der Waals surface area contributed by atoms with Crippen LogP contribution in [0.3, 0.4) is 0 Å². The summed E-state index contributed by atoms with van der Waals surface area (Å²) in [4.78, 5) is 5.99. The maximum absolute atomic E-state index is 4.70. The van der Waals surface area contributed by atoms with E-state index in [-0.39, 0.29) is 0 Å². The highest BCUT2D eigenvalue weighted by Crippen LogP contribution is 2.35. The van der Waals surface area contributed by atoms with Crippen LogP contribution in [0.4, 0.5) is 0 Å². The highest BCUT2D eigenvalue weighted by Gasteiger charge is 2.16. The van der Waals surface area contributed by atoms with Crippen LogP contribution in [0, 0.1) is 13.8 Å².